The Kier molecular flexibility index (Phi) is 3.18. The van der Waals surface area contributed by atoms with Gasteiger partial charge in [0, 0.05) is 51.4 Å². The summed E-state index contributed by atoms with van der Waals surface area (Å²) in [5.74, 6) is 0. The first-order chi connectivity index (χ1) is 8.14. The number of nitrogens with zero attached hydrogens (tertiary/aromatic N) is 2. The third-order valence-electron chi connectivity index (χ3n) is 5.08. The molecule has 3 nitrogen and oxygen atoms in total. The van der Waals surface area contributed by atoms with Crippen molar-refractivity contribution < 1.29 is 0 Å². The van der Waals surface area contributed by atoms with Crippen LogP contribution in [0.25, 0.3) is 0 Å². The van der Waals surface area contributed by atoms with Crippen LogP contribution in [-0.2, 0) is 0 Å². The third-order valence-corrected chi connectivity index (χ3v) is 5.08. The summed E-state index contributed by atoms with van der Waals surface area (Å²) in [4.78, 5) is 5.45. The van der Waals surface area contributed by atoms with Crippen molar-refractivity contribution in [2.75, 3.05) is 39.3 Å². The van der Waals surface area contributed by atoms with Crippen LogP contribution in [0.1, 0.15) is 33.1 Å². The minimum atomic E-state index is 0.597. The van der Waals surface area contributed by atoms with Gasteiger partial charge >= 0.3 is 0 Å². The van der Waals surface area contributed by atoms with E-state index in [1.54, 1.807) is 0 Å². The maximum atomic E-state index is 3.38. The molecule has 0 amide bonds. The fourth-order valence-corrected chi connectivity index (χ4v) is 3.71. The molecule has 2 aliphatic heterocycles. The number of nitrogens with one attached hydrogen (secondary N) is 1. The van der Waals surface area contributed by atoms with E-state index < -0.39 is 0 Å². The standard InChI is InChI=1S/C14H27N3/c1-14(2)4-3-12(9-14)16-5-7-17(8-6-16)13-10-15-11-13/h12-13,15H,3-11H2,1-2H3. The van der Waals surface area contributed by atoms with E-state index in [0.717, 1.165) is 12.1 Å². The second-order valence-electron chi connectivity index (χ2n) is 6.94. The Labute approximate surface area is 106 Å². The molecule has 1 N–H and O–H groups in total. The van der Waals surface area contributed by atoms with Crippen molar-refractivity contribution in [1.29, 1.82) is 0 Å². The van der Waals surface area contributed by atoms with E-state index in [4.69, 9.17) is 0 Å². The van der Waals surface area contributed by atoms with Crippen molar-refractivity contribution >= 4 is 0 Å². The monoisotopic (exact) mass is 237 g/mol. The van der Waals surface area contributed by atoms with Gasteiger partial charge in [-0.2, -0.15) is 0 Å². The molecule has 98 valence electrons. The van der Waals surface area contributed by atoms with Gasteiger partial charge in [-0.05, 0) is 24.7 Å². The molecule has 0 spiro atoms. The van der Waals surface area contributed by atoms with Crippen molar-refractivity contribution in [2.24, 2.45) is 5.41 Å². The molecule has 3 fully saturated rings. The lowest BCUT2D eigenvalue weighted by Gasteiger charge is -2.44. The van der Waals surface area contributed by atoms with Crippen LogP contribution < -0.4 is 5.32 Å². The van der Waals surface area contributed by atoms with Gasteiger partial charge in [-0.3, -0.25) is 9.80 Å². The normalized spacial score (nSPS) is 36.0. The van der Waals surface area contributed by atoms with E-state index in [0.29, 0.717) is 5.41 Å². The number of piperazine rings is 1. The summed E-state index contributed by atoms with van der Waals surface area (Å²) >= 11 is 0. The highest BCUT2D eigenvalue weighted by molar-refractivity contribution is 4.92. The van der Waals surface area contributed by atoms with Gasteiger partial charge in [0.05, 0.1) is 0 Å². The molecule has 1 aliphatic carbocycles. The molecule has 1 unspecified atom stereocenters. The Hall–Kier alpha value is -0.120. The average molecular weight is 237 g/mol. The maximum absolute atomic E-state index is 3.38. The second kappa shape index (κ2) is 4.52. The maximum Gasteiger partial charge on any atom is 0.0346 e. The summed E-state index contributed by atoms with van der Waals surface area (Å²) in [5, 5.41) is 3.38. The van der Waals surface area contributed by atoms with Crippen LogP contribution in [0.2, 0.25) is 0 Å². The first-order valence-electron chi connectivity index (χ1n) is 7.33. The van der Waals surface area contributed by atoms with Crippen molar-refractivity contribution in [3.8, 4) is 0 Å². The predicted molar refractivity (Wildman–Crippen MR) is 71.2 cm³/mol. The van der Waals surface area contributed by atoms with E-state index in [-0.39, 0.29) is 0 Å². The molecule has 1 saturated carbocycles. The molecule has 0 radical (unpaired) electrons. The summed E-state index contributed by atoms with van der Waals surface area (Å²) in [6.45, 7) is 12.5. The first kappa shape index (κ1) is 11.9. The molecule has 0 bridgehead atoms. The molecule has 17 heavy (non-hydrogen) atoms. The van der Waals surface area contributed by atoms with E-state index in [9.17, 15) is 0 Å². The Morgan fingerprint density at radius 3 is 1.94 bits per heavy atom. The molecule has 0 aromatic rings. The molecular formula is C14H27N3. The van der Waals surface area contributed by atoms with Gasteiger partial charge < -0.3 is 5.32 Å². The molecular weight excluding hydrogens is 210 g/mol. The van der Waals surface area contributed by atoms with Crippen LogP contribution in [0.3, 0.4) is 0 Å². The van der Waals surface area contributed by atoms with Gasteiger partial charge in [-0.25, -0.2) is 0 Å². The van der Waals surface area contributed by atoms with Crippen LogP contribution >= 0.6 is 0 Å². The minimum absolute atomic E-state index is 0.597. The predicted octanol–water partition coefficient (Wildman–Crippen LogP) is 1.15. The van der Waals surface area contributed by atoms with Crippen LogP contribution in [-0.4, -0.2) is 61.2 Å². The molecule has 0 aromatic carbocycles. The van der Waals surface area contributed by atoms with Crippen LogP contribution in [0.5, 0.6) is 0 Å². The van der Waals surface area contributed by atoms with Crippen molar-refractivity contribution in [3.05, 3.63) is 0 Å². The highest BCUT2D eigenvalue weighted by atomic mass is 15.3. The van der Waals surface area contributed by atoms with Crippen molar-refractivity contribution in [2.45, 2.75) is 45.2 Å². The highest BCUT2D eigenvalue weighted by Crippen LogP contribution is 2.39. The molecule has 2 heterocycles. The summed E-state index contributed by atoms with van der Waals surface area (Å²) < 4.78 is 0. The molecule has 2 saturated heterocycles. The van der Waals surface area contributed by atoms with Gasteiger partial charge in [-0.15, -0.1) is 0 Å². The fourth-order valence-electron chi connectivity index (χ4n) is 3.71. The number of hydrogen-bond acceptors (Lipinski definition) is 3. The van der Waals surface area contributed by atoms with Crippen LogP contribution in [0.15, 0.2) is 0 Å². The van der Waals surface area contributed by atoms with Crippen molar-refractivity contribution in [3.63, 3.8) is 0 Å². The fraction of sp³-hybridized carbons (Fsp3) is 1.00. The summed E-state index contributed by atoms with van der Waals surface area (Å²) in [5.41, 5.74) is 0.597. The zero-order chi connectivity index (χ0) is 11.9. The third kappa shape index (κ3) is 2.51. The van der Waals surface area contributed by atoms with Gasteiger partial charge in [0.15, 0.2) is 0 Å². The number of rotatable bonds is 2. The lowest BCUT2D eigenvalue weighted by atomic mass is 9.91. The zero-order valence-corrected chi connectivity index (χ0v) is 11.4. The SMILES string of the molecule is CC1(C)CCC(N2CCN(C3CNC3)CC2)C1. The zero-order valence-electron chi connectivity index (χ0n) is 11.4. The van der Waals surface area contributed by atoms with Gasteiger partial charge in [0.2, 0.25) is 0 Å². The molecule has 3 rings (SSSR count). The molecule has 3 heteroatoms. The quantitative estimate of drug-likeness (QED) is 0.777. The van der Waals surface area contributed by atoms with Crippen LogP contribution in [0, 0.1) is 5.41 Å². The Morgan fingerprint density at radius 2 is 1.53 bits per heavy atom. The van der Waals surface area contributed by atoms with Gasteiger partial charge in [-0.1, -0.05) is 13.8 Å². The molecule has 1 atom stereocenters. The largest absolute Gasteiger partial charge is 0.314 e. The van der Waals surface area contributed by atoms with Crippen LogP contribution in [0.4, 0.5) is 0 Å². The Bertz CT molecular complexity index is 265. The lowest BCUT2D eigenvalue weighted by molar-refractivity contribution is 0.0507. The van der Waals surface area contributed by atoms with E-state index in [2.05, 4.69) is 29.0 Å². The second-order valence-corrected chi connectivity index (χ2v) is 6.94. The number of hydrogen-bond donors (Lipinski definition) is 1. The van der Waals surface area contributed by atoms with Gasteiger partial charge in [0.25, 0.3) is 0 Å². The highest BCUT2D eigenvalue weighted by Gasteiger charge is 2.36. The van der Waals surface area contributed by atoms with Crippen molar-refractivity contribution in [1.82, 2.24) is 15.1 Å². The topological polar surface area (TPSA) is 18.5 Å². The summed E-state index contributed by atoms with van der Waals surface area (Å²) in [6.07, 6.45) is 4.26. The average Bonchev–Trinajstić information content (AvgIpc) is 2.57. The lowest BCUT2D eigenvalue weighted by Crippen LogP contribution is -2.62. The summed E-state index contributed by atoms with van der Waals surface area (Å²) in [6, 6.07) is 1.73. The Balaban J connectivity index is 1.48. The molecule has 0 aromatic heterocycles. The summed E-state index contributed by atoms with van der Waals surface area (Å²) in [7, 11) is 0. The molecule has 3 aliphatic rings. The minimum Gasteiger partial charge on any atom is -0.314 e. The smallest absolute Gasteiger partial charge is 0.0346 e. The Morgan fingerprint density at radius 1 is 0.941 bits per heavy atom. The van der Waals surface area contributed by atoms with E-state index >= 15 is 0 Å². The first-order valence-corrected chi connectivity index (χ1v) is 7.33. The van der Waals surface area contributed by atoms with E-state index in [1.165, 1.54) is 58.5 Å². The van der Waals surface area contributed by atoms with E-state index in [1.807, 2.05) is 0 Å². The van der Waals surface area contributed by atoms with Gasteiger partial charge in [0.1, 0.15) is 0 Å².